The highest BCUT2D eigenvalue weighted by atomic mass is 35.5. The van der Waals surface area contributed by atoms with Crippen LogP contribution >= 0.6 is 23.2 Å². The lowest BCUT2D eigenvalue weighted by atomic mass is 9.66. The first kappa shape index (κ1) is 15.2. The van der Waals surface area contributed by atoms with Gasteiger partial charge >= 0.3 is 0 Å². The molecule has 0 saturated heterocycles. The highest BCUT2D eigenvalue weighted by molar-refractivity contribution is 6.30. The molecule has 0 aromatic heterocycles. The zero-order valence-electron chi connectivity index (χ0n) is 12.1. The second kappa shape index (κ2) is 6.06. The summed E-state index contributed by atoms with van der Waals surface area (Å²) >= 11 is 12.6. The minimum atomic E-state index is 0.250. The highest BCUT2D eigenvalue weighted by Crippen LogP contribution is 2.44. The fraction of sp³-hybridized carbons (Fsp3) is 0.647. The third kappa shape index (κ3) is 3.89. The maximum Gasteiger partial charge on any atom is 0.0406 e. The summed E-state index contributed by atoms with van der Waals surface area (Å²) < 4.78 is 0. The Labute approximate surface area is 127 Å². The van der Waals surface area contributed by atoms with Gasteiger partial charge in [0.15, 0.2) is 0 Å². The zero-order valence-corrected chi connectivity index (χ0v) is 13.6. The van der Waals surface area contributed by atoms with E-state index in [1.165, 1.54) is 18.4 Å². The van der Waals surface area contributed by atoms with Crippen LogP contribution in [0.4, 0.5) is 0 Å². The van der Waals surface area contributed by atoms with Crippen molar-refractivity contribution in [3.05, 3.63) is 34.9 Å². The third-order valence-corrected chi connectivity index (χ3v) is 5.35. The standard InChI is InChI=1S/C17H24Cl2/c1-12-4-9-15(16(19)10-12)17(2,3)11-13-5-7-14(18)8-6-13/h5-8,12,15-16H,4,9-11H2,1-3H3. The van der Waals surface area contributed by atoms with Crippen molar-refractivity contribution in [2.75, 3.05) is 0 Å². The predicted octanol–water partition coefficient (Wildman–Crippen LogP) is 5.95. The van der Waals surface area contributed by atoms with Crippen molar-refractivity contribution in [3.8, 4) is 0 Å². The molecular weight excluding hydrogens is 275 g/mol. The van der Waals surface area contributed by atoms with E-state index < -0.39 is 0 Å². The molecule has 0 N–H and O–H groups in total. The Bertz CT molecular complexity index is 408. The van der Waals surface area contributed by atoms with E-state index in [4.69, 9.17) is 23.2 Å². The molecule has 0 radical (unpaired) electrons. The Morgan fingerprint density at radius 2 is 1.79 bits per heavy atom. The van der Waals surface area contributed by atoms with Crippen LogP contribution in [0.1, 0.15) is 45.6 Å². The Hall–Kier alpha value is -0.200. The summed E-state index contributed by atoms with van der Waals surface area (Å²) in [6, 6.07) is 8.24. The van der Waals surface area contributed by atoms with Gasteiger partial charge < -0.3 is 0 Å². The van der Waals surface area contributed by atoms with Crippen molar-refractivity contribution in [3.63, 3.8) is 0 Å². The average molecular weight is 299 g/mol. The van der Waals surface area contributed by atoms with Crippen LogP contribution in [0.25, 0.3) is 0 Å². The molecule has 2 rings (SSSR count). The number of hydrogen-bond acceptors (Lipinski definition) is 0. The van der Waals surface area contributed by atoms with Crippen LogP contribution < -0.4 is 0 Å². The molecule has 3 atom stereocenters. The van der Waals surface area contributed by atoms with Crippen LogP contribution in [0, 0.1) is 17.3 Å². The quantitative estimate of drug-likeness (QED) is 0.605. The first-order chi connectivity index (χ1) is 8.88. The predicted molar refractivity (Wildman–Crippen MR) is 85.1 cm³/mol. The fourth-order valence-corrected chi connectivity index (χ4v) is 4.35. The summed E-state index contributed by atoms with van der Waals surface area (Å²) in [4.78, 5) is 0. The van der Waals surface area contributed by atoms with Crippen LogP contribution in [0.2, 0.25) is 5.02 Å². The topological polar surface area (TPSA) is 0 Å². The molecular formula is C17H24Cl2. The molecule has 0 heterocycles. The van der Waals surface area contributed by atoms with Crippen molar-refractivity contribution in [1.82, 2.24) is 0 Å². The lowest BCUT2D eigenvalue weighted by molar-refractivity contribution is 0.142. The van der Waals surface area contributed by atoms with E-state index in [1.807, 2.05) is 12.1 Å². The van der Waals surface area contributed by atoms with Crippen LogP contribution in [-0.2, 0) is 6.42 Å². The van der Waals surface area contributed by atoms with Crippen LogP contribution in [0.15, 0.2) is 24.3 Å². The molecule has 0 nitrogen and oxygen atoms in total. The molecule has 0 aliphatic heterocycles. The van der Waals surface area contributed by atoms with Crippen molar-refractivity contribution < 1.29 is 0 Å². The Balaban J connectivity index is 2.07. The summed E-state index contributed by atoms with van der Waals surface area (Å²) in [5.74, 6) is 1.39. The van der Waals surface area contributed by atoms with Gasteiger partial charge in [-0.1, -0.05) is 50.9 Å². The van der Waals surface area contributed by atoms with E-state index in [9.17, 15) is 0 Å². The molecule has 106 valence electrons. The summed E-state index contributed by atoms with van der Waals surface area (Å²) in [7, 11) is 0. The molecule has 0 spiro atoms. The minimum absolute atomic E-state index is 0.250. The molecule has 19 heavy (non-hydrogen) atoms. The van der Waals surface area contributed by atoms with E-state index >= 15 is 0 Å². The molecule has 1 fully saturated rings. The van der Waals surface area contributed by atoms with Crippen molar-refractivity contribution in [1.29, 1.82) is 0 Å². The number of rotatable bonds is 3. The first-order valence-electron chi connectivity index (χ1n) is 7.27. The molecule has 0 bridgehead atoms. The second-order valence-corrected chi connectivity index (χ2v) is 7.83. The van der Waals surface area contributed by atoms with Gasteiger partial charge in [0, 0.05) is 10.4 Å². The van der Waals surface area contributed by atoms with Gasteiger partial charge in [0.2, 0.25) is 0 Å². The molecule has 2 heteroatoms. The fourth-order valence-electron chi connectivity index (χ4n) is 3.45. The van der Waals surface area contributed by atoms with Gasteiger partial charge in [0.1, 0.15) is 0 Å². The zero-order chi connectivity index (χ0) is 14.0. The molecule has 3 unspecified atom stereocenters. The van der Waals surface area contributed by atoms with E-state index in [1.54, 1.807) is 0 Å². The molecule has 1 aliphatic carbocycles. The summed E-state index contributed by atoms with van der Waals surface area (Å²) in [5.41, 5.74) is 1.61. The lowest BCUT2D eigenvalue weighted by Gasteiger charge is -2.42. The first-order valence-corrected chi connectivity index (χ1v) is 8.08. The highest BCUT2D eigenvalue weighted by Gasteiger charge is 2.37. The second-order valence-electron chi connectivity index (χ2n) is 6.83. The summed E-state index contributed by atoms with van der Waals surface area (Å²) in [5, 5.41) is 1.13. The van der Waals surface area contributed by atoms with Gasteiger partial charge in [-0.05, 0) is 54.2 Å². The number of halogens is 2. The smallest absolute Gasteiger partial charge is 0.0406 e. The van der Waals surface area contributed by atoms with Gasteiger partial charge in [0.25, 0.3) is 0 Å². The van der Waals surface area contributed by atoms with Crippen molar-refractivity contribution in [2.24, 2.45) is 17.3 Å². The Morgan fingerprint density at radius 3 is 2.37 bits per heavy atom. The van der Waals surface area contributed by atoms with Gasteiger partial charge in [-0.3, -0.25) is 0 Å². The maximum absolute atomic E-state index is 6.63. The number of benzene rings is 1. The SMILES string of the molecule is CC1CCC(C(C)(C)Cc2ccc(Cl)cc2)C(Cl)C1. The van der Waals surface area contributed by atoms with Crippen LogP contribution in [-0.4, -0.2) is 5.38 Å². The molecule has 1 aromatic rings. The van der Waals surface area contributed by atoms with E-state index in [2.05, 4.69) is 32.9 Å². The van der Waals surface area contributed by atoms with E-state index in [0.717, 1.165) is 23.8 Å². The Kier molecular flexibility index (Phi) is 4.84. The van der Waals surface area contributed by atoms with Crippen molar-refractivity contribution in [2.45, 2.75) is 51.8 Å². The number of hydrogen-bond donors (Lipinski definition) is 0. The molecule has 1 aliphatic rings. The Morgan fingerprint density at radius 1 is 1.16 bits per heavy atom. The molecule has 0 amide bonds. The molecule has 1 saturated carbocycles. The lowest BCUT2D eigenvalue weighted by Crippen LogP contribution is -2.37. The minimum Gasteiger partial charge on any atom is -0.123 e. The van der Waals surface area contributed by atoms with Crippen LogP contribution in [0.3, 0.4) is 0 Å². The average Bonchev–Trinajstić information content (AvgIpc) is 2.31. The van der Waals surface area contributed by atoms with Gasteiger partial charge in [-0.2, -0.15) is 0 Å². The monoisotopic (exact) mass is 298 g/mol. The summed E-state index contributed by atoms with van der Waals surface area (Å²) in [6.07, 6.45) is 4.82. The van der Waals surface area contributed by atoms with Crippen LogP contribution in [0.5, 0.6) is 0 Å². The normalized spacial score (nSPS) is 28.4. The van der Waals surface area contributed by atoms with E-state index in [0.29, 0.717) is 11.3 Å². The van der Waals surface area contributed by atoms with E-state index in [-0.39, 0.29) is 5.41 Å². The van der Waals surface area contributed by atoms with Gasteiger partial charge in [0.05, 0.1) is 0 Å². The van der Waals surface area contributed by atoms with Gasteiger partial charge in [-0.15, -0.1) is 11.6 Å². The maximum atomic E-state index is 6.63. The summed E-state index contributed by atoms with van der Waals surface area (Å²) in [6.45, 7) is 7.03. The van der Waals surface area contributed by atoms with Crippen molar-refractivity contribution >= 4 is 23.2 Å². The molecule has 1 aromatic carbocycles. The largest absolute Gasteiger partial charge is 0.123 e. The third-order valence-electron chi connectivity index (χ3n) is 4.61. The number of alkyl halides is 1. The van der Waals surface area contributed by atoms with Gasteiger partial charge in [-0.25, -0.2) is 0 Å².